The van der Waals surface area contributed by atoms with E-state index in [4.69, 9.17) is 8.83 Å². The Balaban J connectivity index is 2.44. The summed E-state index contributed by atoms with van der Waals surface area (Å²) in [7, 11) is 0. The molecule has 2 heterocycles. The number of nitro benzene ring substituents is 1. The molecule has 0 unspecified atom stereocenters. The maximum atomic E-state index is 12.0. The molecular weight excluding hydrogens is 278 g/mol. The molecule has 0 atom stereocenters. The first-order valence-corrected chi connectivity index (χ1v) is 5.85. The van der Waals surface area contributed by atoms with Gasteiger partial charge in [0.15, 0.2) is 6.29 Å². The molecule has 0 aliphatic rings. The lowest BCUT2D eigenvalue weighted by Crippen LogP contribution is -2.08. The summed E-state index contributed by atoms with van der Waals surface area (Å²) in [6.07, 6.45) is 2.64. The zero-order valence-electron chi connectivity index (χ0n) is 10.4. The zero-order chi connectivity index (χ0) is 15.0. The molecule has 7 nitrogen and oxygen atoms in total. The number of hydrogen-bond donors (Lipinski definition) is 0. The van der Waals surface area contributed by atoms with E-state index in [0.717, 1.165) is 6.26 Å². The van der Waals surface area contributed by atoms with Gasteiger partial charge in [0.1, 0.15) is 12.0 Å². The number of nitrogens with zero attached hydrogens (tertiary/aromatic N) is 1. The van der Waals surface area contributed by atoms with E-state index in [1.165, 1.54) is 18.4 Å². The van der Waals surface area contributed by atoms with E-state index in [0.29, 0.717) is 6.29 Å². The highest BCUT2D eigenvalue weighted by Crippen LogP contribution is 2.35. The molecule has 0 bridgehead atoms. The Morgan fingerprint density at radius 1 is 1.19 bits per heavy atom. The zero-order valence-corrected chi connectivity index (χ0v) is 10.4. The lowest BCUT2D eigenvalue weighted by Gasteiger charge is -2.03. The van der Waals surface area contributed by atoms with E-state index in [-0.39, 0.29) is 33.5 Å². The van der Waals surface area contributed by atoms with Gasteiger partial charge >= 0.3 is 5.69 Å². The van der Waals surface area contributed by atoms with Crippen molar-refractivity contribution in [3.8, 4) is 11.3 Å². The van der Waals surface area contributed by atoms with Crippen molar-refractivity contribution in [3.05, 3.63) is 62.7 Å². The highest BCUT2D eigenvalue weighted by molar-refractivity contribution is 5.95. The number of benzene rings is 1. The molecule has 2 aromatic heterocycles. The normalized spacial score (nSPS) is 10.7. The Kier molecular flexibility index (Phi) is 2.87. The van der Waals surface area contributed by atoms with Crippen LogP contribution in [0.5, 0.6) is 0 Å². The fraction of sp³-hybridized carbons (Fsp3) is 0. The molecule has 0 amide bonds. The van der Waals surface area contributed by atoms with Crippen molar-refractivity contribution < 1.29 is 18.6 Å². The Morgan fingerprint density at radius 2 is 2.00 bits per heavy atom. The summed E-state index contributed by atoms with van der Waals surface area (Å²) in [5.41, 5.74) is -1.18. The van der Waals surface area contributed by atoms with Gasteiger partial charge in [0.25, 0.3) is 0 Å². The number of hydrogen-bond acceptors (Lipinski definition) is 6. The summed E-state index contributed by atoms with van der Waals surface area (Å²) in [6.45, 7) is 0. The molecule has 104 valence electrons. The molecule has 0 aliphatic carbocycles. The SMILES string of the molecule is O=Cc1coc2c([N+](=O)[O-])c(-c3ccco3)ccc2c1=O. The minimum atomic E-state index is -0.649. The average molecular weight is 285 g/mol. The van der Waals surface area contributed by atoms with E-state index in [1.54, 1.807) is 12.1 Å². The van der Waals surface area contributed by atoms with Gasteiger partial charge in [0.05, 0.1) is 27.7 Å². The van der Waals surface area contributed by atoms with Gasteiger partial charge in [0, 0.05) is 0 Å². The van der Waals surface area contributed by atoms with Crippen molar-refractivity contribution in [3.63, 3.8) is 0 Å². The predicted molar refractivity (Wildman–Crippen MR) is 72.2 cm³/mol. The third-order valence-corrected chi connectivity index (χ3v) is 3.04. The molecule has 3 aromatic rings. The number of rotatable bonds is 3. The van der Waals surface area contributed by atoms with Gasteiger partial charge in [-0.3, -0.25) is 19.7 Å². The molecular formula is C14H7NO6. The summed E-state index contributed by atoms with van der Waals surface area (Å²) in [6, 6.07) is 5.92. The number of carbonyl (C=O) groups is 1. The third-order valence-electron chi connectivity index (χ3n) is 3.04. The van der Waals surface area contributed by atoms with Crippen LogP contribution in [0.25, 0.3) is 22.3 Å². The van der Waals surface area contributed by atoms with Gasteiger partial charge < -0.3 is 8.83 Å². The van der Waals surface area contributed by atoms with Crippen molar-refractivity contribution in [1.29, 1.82) is 0 Å². The third kappa shape index (κ3) is 1.91. The molecule has 0 spiro atoms. The summed E-state index contributed by atoms with van der Waals surface area (Å²) in [5.74, 6) is 0.283. The van der Waals surface area contributed by atoms with Gasteiger partial charge in [-0.05, 0) is 24.3 Å². The van der Waals surface area contributed by atoms with Crippen LogP contribution in [0.4, 0.5) is 5.69 Å². The van der Waals surface area contributed by atoms with E-state index >= 15 is 0 Å². The first-order valence-electron chi connectivity index (χ1n) is 5.85. The smallest absolute Gasteiger partial charge is 0.323 e. The van der Waals surface area contributed by atoms with Crippen LogP contribution in [0, 0.1) is 10.1 Å². The molecule has 1 aromatic carbocycles. The maximum Gasteiger partial charge on any atom is 0.323 e. The van der Waals surface area contributed by atoms with Gasteiger partial charge in [-0.15, -0.1) is 0 Å². The Bertz CT molecular complexity index is 907. The Labute approximate surface area is 116 Å². The first kappa shape index (κ1) is 12.8. The minimum absolute atomic E-state index is 0.0263. The highest BCUT2D eigenvalue weighted by atomic mass is 16.6. The van der Waals surface area contributed by atoms with Crippen molar-refractivity contribution in [2.24, 2.45) is 0 Å². The van der Waals surface area contributed by atoms with Crippen LogP contribution in [0.2, 0.25) is 0 Å². The molecule has 3 rings (SSSR count). The van der Waals surface area contributed by atoms with Crippen molar-refractivity contribution in [2.75, 3.05) is 0 Å². The Hall–Kier alpha value is -3.22. The van der Waals surface area contributed by atoms with Crippen molar-refractivity contribution in [1.82, 2.24) is 0 Å². The summed E-state index contributed by atoms with van der Waals surface area (Å²) < 4.78 is 10.3. The fourth-order valence-electron chi connectivity index (χ4n) is 2.09. The maximum absolute atomic E-state index is 12.0. The minimum Gasteiger partial charge on any atom is -0.464 e. The number of nitro groups is 1. The van der Waals surface area contributed by atoms with Crippen LogP contribution >= 0.6 is 0 Å². The van der Waals surface area contributed by atoms with E-state index < -0.39 is 10.4 Å². The molecule has 0 N–H and O–H groups in total. The molecule has 0 saturated heterocycles. The topological polar surface area (TPSA) is 104 Å². The van der Waals surface area contributed by atoms with Crippen LogP contribution in [0.15, 0.2) is 50.4 Å². The summed E-state index contributed by atoms with van der Waals surface area (Å²) in [5, 5.41) is 11.3. The van der Waals surface area contributed by atoms with Crippen LogP contribution in [0.1, 0.15) is 10.4 Å². The second-order valence-corrected chi connectivity index (χ2v) is 4.21. The Morgan fingerprint density at radius 3 is 2.62 bits per heavy atom. The first-order chi connectivity index (χ1) is 10.1. The number of furan rings is 1. The van der Waals surface area contributed by atoms with Crippen LogP contribution < -0.4 is 5.43 Å². The lowest BCUT2D eigenvalue weighted by atomic mass is 10.1. The number of fused-ring (bicyclic) bond motifs is 1. The lowest BCUT2D eigenvalue weighted by molar-refractivity contribution is -0.383. The number of carbonyl (C=O) groups excluding carboxylic acids is 1. The average Bonchev–Trinajstić information content (AvgIpc) is 3.00. The quantitative estimate of drug-likeness (QED) is 0.416. The highest BCUT2D eigenvalue weighted by Gasteiger charge is 2.25. The van der Waals surface area contributed by atoms with E-state index in [1.807, 2.05) is 0 Å². The van der Waals surface area contributed by atoms with Crippen molar-refractivity contribution in [2.45, 2.75) is 0 Å². The molecule has 21 heavy (non-hydrogen) atoms. The van der Waals surface area contributed by atoms with Crippen LogP contribution in [-0.2, 0) is 0 Å². The van der Waals surface area contributed by atoms with E-state index in [9.17, 15) is 19.7 Å². The van der Waals surface area contributed by atoms with Gasteiger partial charge in [-0.2, -0.15) is 0 Å². The second-order valence-electron chi connectivity index (χ2n) is 4.21. The van der Waals surface area contributed by atoms with Crippen LogP contribution in [-0.4, -0.2) is 11.2 Å². The molecule has 0 saturated carbocycles. The summed E-state index contributed by atoms with van der Waals surface area (Å²) >= 11 is 0. The second kappa shape index (κ2) is 4.71. The largest absolute Gasteiger partial charge is 0.464 e. The molecule has 0 radical (unpaired) electrons. The van der Waals surface area contributed by atoms with Gasteiger partial charge in [0.2, 0.25) is 11.0 Å². The molecule has 0 fully saturated rings. The summed E-state index contributed by atoms with van der Waals surface area (Å²) in [4.78, 5) is 33.4. The van der Waals surface area contributed by atoms with Gasteiger partial charge in [-0.25, -0.2) is 0 Å². The molecule has 7 heteroatoms. The van der Waals surface area contributed by atoms with Crippen LogP contribution in [0.3, 0.4) is 0 Å². The standard InChI is InChI=1S/C14H7NO6/c16-6-8-7-21-14-10(13(8)17)4-3-9(12(14)15(18)19)11-2-1-5-20-11/h1-7H. The van der Waals surface area contributed by atoms with Crippen molar-refractivity contribution >= 4 is 22.9 Å². The fourth-order valence-corrected chi connectivity index (χ4v) is 2.09. The number of aldehydes is 1. The monoisotopic (exact) mass is 285 g/mol. The van der Waals surface area contributed by atoms with Gasteiger partial charge in [-0.1, -0.05) is 0 Å². The van der Waals surface area contributed by atoms with E-state index in [2.05, 4.69) is 0 Å². The predicted octanol–water partition coefficient (Wildman–Crippen LogP) is 2.77. The molecule has 0 aliphatic heterocycles.